The van der Waals surface area contributed by atoms with Crippen LogP contribution in [0, 0.1) is 5.92 Å². The summed E-state index contributed by atoms with van der Waals surface area (Å²) in [6.45, 7) is 6.24. The number of rotatable bonds is 4. The molecule has 1 heterocycles. The van der Waals surface area contributed by atoms with Gasteiger partial charge in [-0.05, 0) is 43.0 Å². The predicted octanol–water partition coefficient (Wildman–Crippen LogP) is 4.11. The van der Waals surface area contributed by atoms with Crippen molar-refractivity contribution in [3.05, 3.63) is 33.8 Å². The van der Waals surface area contributed by atoms with E-state index >= 15 is 0 Å². The zero-order chi connectivity index (χ0) is 14.0. The molecule has 2 nitrogen and oxygen atoms in total. The van der Waals surface area contributed by atoms with Gasteiger partial charge in [0.2, 0.25) is 0 Å². The Labute approximate surface area is 125 Å². The fourth-order valence-electron chi connectivity index (χ4n) is 3.13. The van der Waals surface area contributed by atoms with Gasteiger partial charge < -0.3 is 5.73 Å². The molecule has 0 saturated carbocycles. The van der Waals surface area contributed by atoms with Gasteiger partial charge in [0, 0.05) is 28.7 Å². The highest BCUT2D eigenvalue weighted by Gasteiger charge is 2.33. The maximum Gasteiger partial charge on any atom is 0.0488 e. The smallest absolute Gasteiger partial charge is 0.0488 e. The van der Waals surface area contributed by atoms with Crippen molar-refractivity contribution >= 4 is 23.2 Å². The molecule has 0 radical (unpaired) electrons. The Morgan fingerprint density at radius 2 is 2.11 bits per heavy atom. The van der Waals surface area contributed by atoms with E-state index in [2.05, 4.69) is 18.7 Å². The standard InChI is InChI=1S/C15H22Cl2N2/c1-10(2)14-4-3-7-19(14)15(9-18)12-6-5-11(16)8-13(12)17/h5-6,8,10,14-15H,3-4,7,9,18H2,1-2H3. The second-order valence-corrected chi connectivity index (χ2v) is 6.45. The van der Waals surface area contributed by atoms with Crippen LogP contribution in [0.25, 0.3) is 0 Å². The van der Waals surface area contributed by atoms with Gasteiger partial charge in [0.05, 0.1) is 0 Å². The van der Waals surface area contributed by atoms with Gasteiger partial charge in [-0.15, -0.1) is 0 Å². The quantitative estimate of drug-likeness (QED) is 0.906. The van der Waals surface area contributed by atoms with E-state index in [0.29, 0.717) is 23.5 Å². The molecule has 2 atom stereocenters. The second-order valence-electron chi connectivity index (χ2n) is 5.61. The summed E-state index contributed by atoms with van der Waals surface area (Å²) in [5, 5.41) is 1.39. The molecule has 0 bridgehead atoms. The van der Waals surface area contributed by atoms with Gasteiger partial charge in [-0.1, -0.05) is 43.1 Å². The van der Waals surface area contributed by atoms with Crippen molar-refractivity contribution in [2.75, 3.05) is 13.1 Å². The number of likely N-dealkylation sites (tertiary alicyclic amines) is 1. The molecule has 19 heavy (non-hydrogen) atoms. The third-order valence-corrected chi connectivity index (χ3v) is 4.62. The van der Waals surface area contributed by atoms with Crippen molar-refractivity contribution in [1.82, 2.24) is 4.90 Å². The van der Waals surface area contributed by atoms with Crippen LogP contribution < -0.4 is 5.73 Å². The minimum absolute atomic E-state index is 0.194. The third kappa shape index (κ3) is 3.25. The number of hydrogen-bond donors (Lipinski definition) is 1. The average Bonchev–Trinajstić information content (AvgIpc) is 2.82. The molecule has 1 aliphatic heterocycles. The van der Waals surface area contributed by atoms with Crippen molar-refractivity contribution in [2.45, 2.75) is 38.8 Å². The van der Waals surface area contributed by atoms with Crippen LogP contribution in [0.2, 0.25) is 10.0 Å². The van der Waals surface area contributed by atoms with Crippen LogP contribution in [-0.4, -0.2) is 24.0 Å². The highest BCUT2D eigenvalue weighted by atomic mass is 35.5. The van der Waals surface area contributed by atoms with Crippen molar-refractivity contribution in [2.24, 2.45) is 11.7 Å². The van der Waals surface area contributed by atoms with E-state index in [0.717, 1.165) is 17.1 Å². The summed E-state index contributed by atoms with van der Waals surface area (Å²) in [6, 6.07) is 6.51. The summed E-state index contributed by atoms with van der Waals surface area (Å²) in [7, 11) is 0. The summed E-state index contributed by atoms with van der Waals surface area (Å²) in [5.74, 6) is 0.641. The fraction of sp³-hybridized carbons (Fsp3) is 0.600. The first kappa shape index (κ1) is 15.1. The van der Waals surface area contributed by atoms with Crippen molar-refractivity contribution < 1.29 is 0 Å². The van der Waals surface area contributed by atoms with Gasteiger partial charge in [-0.2, -0.15) is 0 Å². The van der Waals surface area contributed by atoms with Gasteiger partial charge >= 0.3 is 0 Å². The van der Waals surface area contributed by atoms with Gasteiger partial charge in [0.15, 0.2) is 0 Å². The van der Waals surface area contributed by atoms with Crippen LogP contribution in [-0.2, 0) is 0 Å². The van der Waals surface area contributed by atoms with E-state index in [-0.39, 0.29) is 6.04 Å². The Balaban J connectivity index is 2.28. The van der Waals surface area contributed by atoms with Crippen LogP contribution in [0.4, 0.5) is 0 Å². The molecule has 106 valence electrons. The Bertz CT molecular complexity index is 434. The predicted molar refractivity (Wildman–Crippen MR) is 82.8 cm³/mol. The van der Waals surface area contributed by atoms with Gasteiger partial charge in [-0.25, -0.2) is 0 Å². The summed E-state index contributed by atoms with van der Waals surface area (Å²) >= 11 is 12.3. The Hall–Kier alpha value is -0.280. The summed E-state index contributed by atoms with van der Waals surface area (Å²) in [6.07, 6.45) is 2.49. The maximum absolute atomic E-state index is 6.34. The highest BCUT2D eigenvalue weighted by Crippen LogP contribution is 2.35. The normalized spacial score (nSPS) is 22.1. The molecule has 1 aromatic rings. The lowest BCUT2D eigenvalue weighted by molar-refractivity contribution is 0.149. The zero-order valence-corrected chi connectivity index (χ0v) is 13.1. The number of hydrogen-bond acceptors (Lipinski definition) is 2. The first-order chi connectivity index (χ1) is 9.04. The van der Waals surface area contributed by atoms with E-state index < -0.39 is 0 Å². The molecular formula is C15H22Cl2N2. The monoisotopic (exact) mass is 300 g/mol. The molecule has 1 saturated heterocycles. The lowest BCUT2D eigenvalue weighted by atomic mass is 9.98. The molecule has 1 fully saturated rings. The van der Waals surface area contributed by atoms with Crippen LogP contribution in [0.3, 0.4) is 0 Å². The zero-order valence-electron chi connectivity index (χ0n) is 11.6. The lowest BCUT2D eigenvalue weighted by Gasteiger charge is -2.35. The Morgan fingerprint density at radius 1 is 1.37 bits per heavy atom. The molecule has 1 aromatic carbocycles. The van der Waals surface area contributed by atoms with Crippen molar-refractivity contribution in [1.29, 1.82) is 0 Å². The molecule has 0 aliphatic carbocycles. The Kier molecular flexibility index (Phi) is 5.13. The maximum atomic E-state index is 6.34. The second kappa shape index (κ2) is 6.45. The van der Waals surface area contributed by atoms with Crippen LogP contribution in [0.1, 0.15) is 38.3 Å². The van der Waals surface area contributed by atoms with Crippen molar-refractivity contribution in [3.8, 4) is 0 Å². The molecule has 2 N–H and O–H groups in total. The molecule has 0 aromatic heterocycles. The summed E-state index contributed by atoms with van der Waals surface area (Å²) in [4.78, 5) is 2.51. The van der Waals surface area contributed by atoms with Crippen LogP contribution in [0.5, 0.6) is 0 Å². The molecule has 2 rings (SSSR count). The van der Waals surface area contributed by atoms with Crippen molar-refractivity contribution in [3.63, 3.8) is 0 Å². The molecular weight excluding hydrogens is 279 g/mol. The number of nitrogens with two attached hydrogens (primary N) is 1. The number of benzene rings is 1. The minimum atomic E-state index is 0.194. The SMILES string of the molecule is CC(C)C1CCCN1C(CN)c1ccc(Cl)cc1Cl. The first-order valence-electron chi connectivity index (χ1n) is 6.95. The summed E-state index contributed by atoms with van der Waals surface area (Å²) < 4.78 is 0. The van der Waals surface area contributed by atoms with Crippen LogP contribution >= 0.6 is 23.2 Å². The van der Waals surface area contributed by atoms with E-state index in [1.807, 2.05) is 18.2 Å². The van der Waals surface area contributed by atoms with Gasteiger partial charge in [0.1, 0.15) is 0 Å². The molecule has 0 amide bonds. The van der Waals surface area contributed by atoms with Gasteiger partial charge in [-0.3, -0.25) is 4.90 Å². The van der Waals surface area contributed by atoms with E-state index in [1.165, 1.54) is 12.8 Å². The minimum Gasteiger partial charge on any atom is -0.329 e. The lowest BCUT2D eigenvalue weighted by Crippen LogP contribution is -2.40. The van der Waals surface area contributed by atoms with E-state index in [1.54, 1.807) is 0 Å². The molecule has 2 unspecified atom stereocenters. The van der Waals surface area contributed by atoms with Crippen LogP contribution in [0.15, 0.2) is 18.2 Å². The first-order valence-corrected chi connectivity index (χ1v) is 7.71. The topological polar surface area (TPSA) is 29.3 Å². The van der Waals surface area contributed by atoms with Gasteiger partial charge in [0.25, 0.3) is 0 Å². The Morgan fingerprint density at radius 3 is 2.68 bits per heavy atom. The summed E-state index contributed by atoms with van der Waals surface area (Å²) in [5.41, 5.74) is 7.12. The molecule has 4 heteroatoms. The largest absolute Gasteiger partial charge is 0.329 e. The average molecular weight is 301 g/mol. The number of nitrogens with zero attached hydrogens (tertiary/aromatic N) is 1. The highest BCUT2D eigenvalue weighted by molar-refractivity contribution is 6.35. The van der Waals surface area contributed by atoms with E-state index in [4.69, 9.17) is 28.9 Å². The third-order valence-electron chi connectivity index (χ3n) is 4.06. The fourth-order valence-corrected chi connectivity index (χ4v) is 3.67. The van der Waals surface area contributed by atoms with E-state index in [9.17, 15) is 0 Å². The number of halogens is 2. The molecule has 0 spiro atoms. The molecule has 1 aliphatic rings.